The van der Waals surface area contributed by atoms with Gasteiger partial charge in [0.2, 0.25) is 5.91 Å². The Kier molecular flexibility index (Phi) is 4.55. The molecule has 0 bridgehead atoms. The Balaban J connectivity index is 1.93. The second-order valence-electron chi connectivity index (χ2n) is 6.91. The lowest BCUT2D eigenvalue weighted by atomic mass is 9.67. The van der Waals surface area contributed by atoms with Crippen molar-refractivity contribution in [2.24, 2.45) is 28.6 Å². The lowest BCUT2D eigenvalue weighted by molar-refractivity contribution is -0.128. The summed E-state index contributed by atoms with van der Waals surface area (Å²) in [5.74, 6) is 1.73. The molecule has 5 nitrogen and oxygen atoms in total. The standard InChI is InChI=1S/C15H27N3O2/c1-15(2,14(16)18-20)17-13(19)12-8-7-10-5-3-4-6-11(10)9-12/h10-12,20H,3-9H2,1-2H3,(H2,16,18)(H,17,19). The maximum Gasteiger partial charge on any atom is 0.223 e. The molecule has 0 saturated heterocycles. The lowest BCUT2D eigenvalue weighted by Gasteiger charge is -2.39. The molecule has 0 heterocycles. The van der Waals surface area contributed by atoms with Gasteiger partial charge in [0.15, 0.2) is 5.84 Å². The van der Waals surface area contributed by atoms with Gasteiger partial charge >= 0.3 is 0 Å². The van der Waals surface area contributed by atoms with Crippen LogP contribution in [0.15, 0.2) is 5.16 Å². The summed E-state index contributed by atoms with van der Waals surface area (Å²) in [5, 5.41) is 14.7. The van der Waals surface area contributed by atoms with Crippen molar-refractivity contribution in [3.8, 4) is 0 Å². The maximum absolute atomic E-state index is 12.4. The minimum Gasteiger partial charge on any atom is -0.409 e. The Morgan fingerprint density at radius 2 is 1.85 bits per heavy atom. The Labute approximate surface area is 121 Å². The predicted molar refractivity (Wildman–Crippen MR) is 78.4 cm³/mol. The molecule has 4 N–H and O–H groups in total. The van der Waals surface area contributed by atoms with Crippen LogP contribution >= 0.6 is 0 Å². The van der Waals surface area contributed by atoms with Crippen LogP contribution in [0.25, 0.3) is 0 Å². The van der Waals surface area contributed by atoms with E-state index in [2.05, 4.69) is 10.5 Å². The van der Waals surface area contributed by atoms with Crippen LogP contribution < -0.4 is 11.1 Å². The van der Waals surface area contributed by atoms with Crippen LogP contribution in [0.1, 0.15) is 58.8 Å². The van der Waals surface area contributed by atoms with Crippen LogP contribution in [-0.2, 0) is 4.79 Å². The van der Waals surface area contributed by atoms with E-state index in [-0.39, 0.29) is 17.7 Å². The molecule has 0 aliphatic heterocycles. The molecule has 2 saturated carbocycles. The van der Waals surface area contributed by atoms with E-state index in [1.165, 1.54) is 32.1 Å². The molecule has 1 amide bonds. The summed E-state index contributed by atoms with van der Waals surface area (Å²) in [6.45, 7) is 3.51. The second-order valence-corrected chi connectivity index (χ2v) is 6.91. The normalized spacial score (nSPS) is 31.5. The zero-order chi connectivity index (χ0) is 14.8. The van der Waals surface area contributed by atoms with E-state index >= 15 is 0 Å². The van der Waals surface area contributed by atoms with Crippen molar-refractivity contribution in [3.05, 3.63) is 0 Å². The molecule has 0 spiro atoms. The first-order chi connectivity index (χ1) is 9.44. The van der Waals surface area contributed by atoms with E-state index in [1.54, 1.807) is 13.8 Å². The van der Waals surface area contributed by atoms with Crippen LogP contribution in [0.3, 0.4) is 0 Å². The first-order valence-electron chi connectivity index (χ1n) is 7.74. The van der Waals surface area contributed by atoms with Gasteiger partial charge in [-0.2, -0.15) is 0 Å². The number of amidine groups is 1. The zero-order valence-corrected chi connectivity index (χ0v) is 12.6. The summed E-state index contributed by atoms with van der Waals surface area (Å²) in [5.41, 5.74) is 4.82. The molecule has 0 aromatic rings. The van der Waals surface area contributed by atoms with Gasteiger partial charge in [-0.05, 0) is 44.9 Å². The summed E-state index contributed by atoms with van der Waals surface area (Å²) < 4.78 is 0. The number of oxime groups is 1. The molecular formula is C15H27N3O2. The summed E-state index contributed by atoms with van der Waals surface area (Å²) in [4.78, 5) is 12.4. The van der Waals surface area contributed by atoms with Crippen molar-refractivity contribution in [1.82, 2.24) is 5.32 Å². The smallest absolute Gasteiger partial charge is 0.223 e. The second kappa shape index (κ2) is 6.02. The Morgan fingerprint density at radius 1 is 1.20 bits per heavy atom. The fraction of sp³-hybridized carbons (Fsp3) is 0.867. The minimum atomic E-state index is -0.796. The molecule has 2 aliphatic carbocycles. The van der Waals surface area contributed by atoms with Gasteiger partial charge in [-0.25, -0.2) is 0 Å². The van der Waals surface area contributed by atoms with Gasteiger partial charge in [0.05, 0.1) is 5.54 Å². The summed E-state index contributed by atoms with van der Waals surface area (Å²) in [6.07, 6.45) is 8.43. The first kappa shape index (κ1) is 15.1. The van der Waals surface area contributed by atoms with Gasteiger partial charge in [0, 0.05) is 5.92 Å². The summed E-state index contributed by atoms with van der Waals surface area (Å²) in [6, 6.07) is 0. The topological polar surface area (TPSA) is 87.7 Å². The minimum absolute atomic E-state index is 0.0391. The number of carbonyl (C=O) groups is 1. The number of fused-ring (bicyclic) bond motifs is 1. The predicted octanol–water partition coefficient (Wildman–Crippen LogP) is 2.23. The molecule has 0 aromatic carbocycles. The molecule has 114 valence electrons. The lowest BCUT2D eigenvalue weighted by Crippen LogP contribution is -2.55. The number of amides is 1. The van der Waals surface area contributed by atoms with Crippen LogP contribution in [0, 0.1) is 17.8 Å². The number of nitrogens with zero attached hydrogens (tertiary/aromatic N) is 1. The van der Waals surface area contributed by atoms with Crippen molar-refractivity contribution < 1.29 is 10.0 Å². The third kappa shape index (κ3) is 3.25. The first-order valence-corrected chi connectivity index (χ1v) is 7.74. The number of hydrogen-bond donors (Lipinski definition) is 3. The molecular weight excluding hydrogens is 254 g/mol. The van der Waals surface area contributed by atoms with Gasteiger partial charge in [-0.1, -0.05) is 30.8 Å². The Hall–Kier alpha value is -1.26. The van der Waals surface area contributed by atoms with E-state index in [4.69, 9.17) is 10.9 Å². The van der Waals surface area contributed by atoms with Crippen LogP contribution in [0.5, 0.6) is 0 Å². The fourth-order valence-corrected chi connectivity index (χ4v) is 3.71. The number of carbonyl (C=O) groups excluding carboxylic acids is 1. The Morgan fingerprint density at radius 3 is 2.50 bits per heavy atom. The quantitative estimate of drug-likeness (QED) is 0.321. The van der Waals surface area contributed by atoms with Crippen molar-refractivity contribution in [2.45, 2.75) is 64.3 Å². The van der Waals surface area contributed by atoms with Crippen molar-refractivity contribution in [1.29, 1.82) is 0 Å². The van der Waals surface area contributed by atoms with Crippen LogP contribution in [0.2, 0.25) is 0 Å². The van der Waals surface area contributed by atoms with Gasteiger partial charge in [0.25, 0.3) is 0 Å². The zero-order valence-electron chi connectivity index (χ0n) is 12.6. The number of hydrogen-bond acceptors (Lipinski definition) is 3. The molecule has 2 rings (SSSR count). The molecule has 3 atom stereocenters. The summed E-state index contributed by atoms with van der Waals surface area (Å²) >= 11 is 0. The van der Waals surface area contributed by atoms with E-state index in [0.29, 0.717) is 0 Å². The monoisotopic (exact) mass is 281 g/mol. The third-order valence-corrected chi connectivity index (χ3v) is 5.09. The molecule has 0 radical (unpaired) electrons. The van der Waals surface area contributed by atoms with E-state index < -0.39 is 5.54 Å². The maximum atomic E-state index is 12.4. The highest BCUT2D eigenvalue weighted by atomic mass is 16.4. The van der Waals surface area contributed by atoms with Gasteiger partial charge in [-0.15, -0.1) is 0 Å². The largest absolute Gasteiger partial charge is 0.409 e. The van der Waals surface area contributed by atoms with E-state index in [0.717, 1.165) is 24.7 Å². The molecule has 3 unspecified atom stereocenters. The highest BCUT2D eigenvalue weighted by Gasteiger charge is 2.37. The highest BCUT2D eigenvalue weighted by Crippen LogP contribution is 2.42. The van der Waals surface area contributed by atoms with Crippen molar-refractivity contribution >= 4 is 11.7 Å². The molecule has 2 aliphatic rings. The third-order valence-electron chi connectivity index (χ3n) is 5.09. The highest BCUT2D eigenvalue weighted by molar-refractivity contribution is 5.93. The SMILES string of the molecule is CC(C)(NC(=O)C1CCC2CCCCC2C1)C(N)=NO. The average molecular weight is 281 g/mol. The molecule has 20 heavy (non-hydrogen) atoms. The van der Waals surface area contributed by atoms with Gasteiger partial charge in [-0.3, -0.25) is 4.79 Å². The molecule has 5 heteroatoms. The number of nitrogens with one attached hydrogen (secondary N) is 1. The molecule has 2 fully saturated rings. The van der Waals surface area contributed by atoms with Crippen molar-refractivity contribution in [3.63, 3.8) is 0 Å². The van der Waals surface area contributed by atoms with Gasteiger partial charge < -0.3 is 16.3 Å². The number of nitrogens with two attached hydrogens (primary N) is 1. The van der Waals surface area contributed by atoms with Gasteiger partial charge in [0.1, 0.15) is 0 Å². The van der Waals surface area contributed by atoms with Crippen LogP contribution in [-0.4, -0.2) is 22.5 Å². The molecule has 0 aromatic heterocycles. The Bertz CT molecular complexity index is 393. The summed E-state index contributed by atoms with van der Waals surface area (Å²) in [7, 11) is 0. The van der Waals surface area contributed by atoms with E-state index in [1.807, 2.05) is 0 Å². The van der Waals surface area contributed by atoms with Crippen LogP contribution in [0.4, 0.5) is 0 Å². The average Bonchev–Trinajstić information content (AvgIpc) is 2.45. The van der Waals surface area contributed by atoms with Crippen molar-refractivity contribution in [2.75, 3.05) is 0 Å². The number of rotatable bonds is 3. The fourth-order valence-electron chi connectivity index (χ4n) is 3.71. The van der Waals surface area contributed by atoms with E-state index in [9.17, 15) is 4.79 Å².